The Balaban J connectivity index is 0. The fourth-order valence-electron chi connectivity index (χ4n) is 0.0707. The van der Waals surface area contributed by atoms with Crippen molar-refractivity contribution >= 4 is 26.2 Å². The molecule has 1 nitrogen and oxygen atoms in total. The van der Waals surface area contributed by atoms with Gasteiger partial charge in [0, 0.05) is 19.5 Å². The minimum Gasteiger partial charge on any atom is 0 e. The summed E-state index contributed by atoms with van der Waals surface area (Å²) in [5.41, 5.74) is 0. The molecule has 0 N–H and O–H groups in total. The molecule has 0 aliphatic heterocycles. The number of thiol groups is 2. The smallest absolute Gasteiger partial charge is 0 e. The third-order valence-electron chi connectivity index (χ3n) is 0.471. The van der Waals surface area contributed by atoms with Crippen LogP contribution in [0.2, 0.25) is 0 Å². The van der Waals surface area contributed by atoms with E-state index in [1.54, 1.807) is 0 Å². The zero-order chi connectivity index (χ0) is 5.86. The van der Waals surface area contributed by atoms with Crippen LogP contribution in [0.15, 0.2) is 0 Å². The molecule has 0 fully saturated rings. The van der Waals surface area contributed by atoms with Crippen LogP contribution in [0.5, 0.6) is 0 Å². The Morgan fingerprint density at radius 1 is 1.62 bits per heavy atom. The maximum atomic E-state index is 4.09. The second-order valence-electron chi connectivity index (χ2n) is 1.27. The molecular formula is C3H8FeNS2Zn-. The number of nitrogens with zero attached hydrogens (tertiary/aromatic N) is 1. The first-order valence-corrected chi connectivity index (χ1v) is 4.42. The van der Waals surface area contributed by atoms with Crippen molar-refractivity contribution in [2.24, 2.45) is 0 Å². The van der Waals surface area contributed by atoms with Crippen molar-refractivity contribution in [3.8, 4) is 0 Å². The zero-order valence-corrected chi connectivity index (χ0v) is 10.8. The molecule has 0 amide bonds. The van der Waals surface area contributed by atoms with Crippen molar-refractivity contribution in [2.75, 3.05) is 14.1 Å². The summed E-state index contributed by atoms with van der Waals surface area (Å²) in [5.74, 6) is 0. The molecule has 0 heterocycles. The van der Waals surface area contributed by atoms with Gasteiger partial charge in [-0.1, -0.05) is 0 Å². The predicted molar refractivity (Wildman–Crippen MR) is 36.4 cm³/mol. The van der Waals surface area contributed by atoms with Crippen molar-refractivity contribution in [1.82, 2.24) is 4.90 Å². The summed E-state index contributed by atoms with van der Waals surface area (Å²) in [6, 6.07) is 0. The molecule has 0 radical (unpaired) electrons. The van der Waals surface area contributed by atoms with Gasteiger partial charge in [0.05, 0.1) is 0 Å². The molecule has 8 heavy (non-hydrogen) atoms. The Hall–Kier alpha value is 1.67. The average Bonchev–Trinajstić information content (AvgIpc) is 1.65. The third-order valence-corrected chi connectivity index (χ3v) is 2.95. The van der Waals surface area contributed by atoms with E-state index in [4.69, 9.17) is 0 Å². The van der Waals surface area contributed by atoms with Crippen molar-refractivity contribution in [3.05, 3.63) is 0 Å². The predicted octanol–water partition coefficient (Wildman–Crippen LogP) is -0.161. The minimum absolute atomic E-state index is 0. The van der Waals surface area contributed by atoms with Crippen LogP contribution in [-0.4, -0.2) is 23.3 Å². The molecule has 5 heteroatoms. The molecule has 0 atom stereocenters. The van der Waals surface area contributed by atoms with E-state index >= 15 is 0 Å². The van der Waals surface area contributed by atoms with Crippen LogP contribution in [0, 0.1) is 0 Å². The van der Waals surface area contributed by atoms with E-state index in [2.05, 4.69) is 27.0 Å². The van der Waals surface area contributed by atoms with E-state index in [9.17, 15) is 0 Å². The van der Waals surface area contributed by atoms with Crippen LogP contribution in [0.4, 0.5) is 0 Å². The maximum Gasteiger partial charge on any atom is 0 e. The van der Waals surface area contributed by atoms with E-state index in [-0.39, 0.29) is 19.5 Å². The van der Waals surface area contributed by atoms with Crippen molar-refractivity contribution in [2.45, 2.75) is 0 Å². The van der Waals surface area contributed by atoms with Crippen LogP contribution < -0.4 is 0 Å². The molecule has 0 aliphatic rings. The van der Waals surface area contributed by atoms with Gasteiger partial charge in [-0.05, 0) is 0 Å². The Morgan fingerprint density at radius 3 is 2.00 bits per heavy atom. The van der Waals surface area contributed by atoms with Gasteiger partial charge in [0.2, 0.25) is 0 Å². The molecule has 0 spiro atoms. The van der Waals surface area contributed by atoms with Gasteiger partial charge in [0.15, 0.2) is 0 Å². The average molecular weight is 243 g/mol. The Bertz CT molecular complexity index is 110. The number of hydrogen-bond donors (Lipinski definition) is 1. The van der Waals surface area contributed by atoms with E-state index in [0.29, 0.717) is 0 Å². The Labute approximate surface area is 78.6 Å². The van der Waals surface area contributed by atoms with Gasteiger partial charge in [-0.3, -0.25) is 0 Å². The monoisotopic (exact) mass is 242 g/mol. The summed E-state index contributed by atoms with van der Waals surface area (Å²) in [6.45, 7) is 0. The van der Waals surface area contributed by atoms with Gasteiger partial charge < -0.3 is 0 Å². The van der Waals surface area contributed by atoms with Crippen LogP contribution in [-0.2, 0) is 43.1 Å². The summed E-state index contributed by atoms with van der Waals surface area (Å²) in [6.07, 6.45) is 0. The number of hydrogen-bond acceptors (Lipinski definition) is 1. The largest absolute Gasteiger partial charge is 0 e. The van der Waals surface area contributed by atoms with Gasteiger partial charge in [-0.2, -0.15) is 0 Å². The molecule has 0 saturated carbocycles. The van der Waals surface area contributed by atoms with Crippen LogP contribution in [0.3, 0.4) is 0 Å². The van der Waals surface area contributed by atoms with E-state index in [1.807, 2.05) is 19.0 Å². The van der Waals surface area contributed by atoms with E-state index < -0.39 is 0 Å². The summed E-state index contributed by atoms with van der Waals surface area (Å²) in [5, 5.41) is 0. The van der Waals surface area contributed by atoms with Gasteiger partial charge >= 0.3 is 59.6 Å². The van der Waals surface area contributed by atoms with Crippen LogP contribution >= 0.6 is 12.6 Å². The van der Waals surface area contributed by atoms with Crippen molar-refractivity contribution < 1.29 is 33.9 Å². The number of rotatable bonds is 0. The summed E-state index contributed by atoms with van der Waals surface area (Å²) >= 11 is 7.72. The van der Waals surface area contributed by atoms with Gasteiger partial charge in [0.1, 0.15) is 0 Å². The molecule has 0 aromatic carbocycles. The molecule has 48 valence electrons. The van der Waals surface area contributed by atoms with Gasteiger partial charge in [0.25, 0.3) is 0 Å². The van der Waals surface area contributed by atoms with Crippen molar-refractivity contribution in [3.63, 3.8) is 0 Å². The minimum atomic E-state index is 0. The van der Waals surface area contributed by atoms with E-state index in [0.717, 1.165) is 13.6 Å². The third kappa shape index (κ3) is 5.80. The van der Waals surface area contributed by atoms with Crippen LogP contribution in [0.25, 0.3) is 0 Å². The quantitative estimate of drug-likeness (QED) is 0.268. The second kappa shape index (κ2) is 6.79. The molecular weight excluding hydrogens is 235 g/mol. The van der Waals surface area contributed by atoms with Gasteiger partial charge in [-0.15, -0.1) is 0 Å². The first kappa shape index (κ1) is 12.4. The first-order valence-electron chi connectivity index (χ1n) is 1.72. The van der Waals surface area contributed by atoms with E-state index in [1.165, 1.54) is 0 Å². The molecule has 0 aromatic rings. The summed E-state index contributed by atoms with van der Waals surface area (Å²) in [7, 11) is 4.87. The molecule has 0 rings (SSSR count). The summed E-state index contributed by atoms with van der Waals surface area (Å²) in [4.78, 5) is 1.93. The normalized spacial score (nSPS) is 8.62. The Kier molecular flexibility index (Phi) is 10.5. The SMILES string of the molecule is CN(C)C(S)=[SH-]=[Fe].[Zn]. The molecule has 0 aliphatic carbocycles. The van der Waals surface area contributed by atoms with Gasteiger partial charge in [-0.25, -0.2) is 0 Å². The topological polar surface area (TPSA) is 3.24 Å². The molecule has 0 unspecified atom stereocenters. The second-order valence-corrected chi connectivity index (χ2v) is 3.37. The fourth-order valence-corrected chi connectivity index (χ4v) is 0.875. The zero-order valence-electron chi connectivity index (χ0n) is 4.90. The fraction of sp³-hybridized carbons (Fsp3) is 0.667. The van der Waals surface area contributed by atoms with Crippen molar-refractivity contribution in [1.29, 1.82) is 0 Å². The maximum absolute atomic E-state index is 4.09. The molecule has 0 saturated heterocycles. The molecule has 0 bridgehead atoms. The summed E-state index contributed by atoms with van der Waals surface area (Å²) < 4.78 is 0.986. The Morgan fingerprint density at radius 2 is 2.00 bits per heavy atom. The standard InChI is InChI=1S/C3H7NS2.Fe.Zn/c1-4(2)3(5)6;;/h1-2H3,(H,5,6);;/q;-2;/p+1. The first-order chi connectivity index (χ1) is 3.18. The molecule has 0 aromatic heterocycles. The van der Waals surface area contributed by atoms with Crippen LogP contribution in [0.1, 0.15) is 0 Å².